The van der Waals surface area contributed by atoms with Gasteiger partial charge in [0.05, 0.1) is 17.8 Å². The number of H-pyrrole nitrogens is 1. The highest BCUT2D eigenvalue weighted by molar-refractivity contribution is 6.27. The van der Waals surface area contributed by atoms with Gasteiger partial charge in [-0.05, 0) is 106 Å². The minimum absolute atomic E-state index is 0.0105. The first-order valence-corrected chi connectivity index (χ1v) is 29.1. The number of likely N-dealkylation sites (tertiary alicyclic amines) is 2. The molecular formula is C60H87ClFN9O6. The number of aromatic amines is 1. The predicted molar refractivity (Wildman–Crippen MR) is 306 cm³/mol. The van der Waals surface area contributed by atoms with Crippen LogP contribution in [0.15, 0.2) is 59.9 Å². The van der Waals surface area contributed by atoms with Gasteiger partial charge in [-0.25, -0.2) is 9.49 Å². The molecule has 4 aliphatic heterocycles. The fourth-order valence-corrected chi connectivity index (χ4v) is 11.4. The van der Waals surface area contributed by atoms with E-state index in [1.165, 1.54) is 6.07 Å². The topological polar surface area (TPSA) is 163 Å². The fraction of sp³-hybridized carbons (Fsp3) is 0.583. The van der Waals surface area contributed by atoms with Crippen LogP contribution >= 0.6 is 11.6 Å². The predicted octanol–water partition coefficient (Wildman–Crippen LogP) is 6.42. The lowest BCUT2D eigenvalue weighted by Gasteiger charge is -2.41. The highest BCUT2D eigenvalue weighted by Gasteiger charge is 2.36. The van der Waals surface area contributed by atoms with E-state index in [4.69, 9.17) is 11.6 Å². The molecule has 7 rings (SSSR count). The Kier molecular flexibility index (Phi) is 25.5. The van der Waals surface area contributed by atoms with Gasteiger partial charge >= 0.3 is 0 Å². The Morgan fingerprint density at radius 3 is 2.10 bits per heavy atom. The van der Waals surface area contributed by atoms with E-state index in [2.05, 4.69) is 45.7 Å². The van der Waals surface area contributed by atoms with E-state index in [0.717, 1.165) is 89.7 Å². The third-order valence-electron chi connectivity index (χ3n) is 15.4. The first-order chi connectivity index (χ1) is 37.3. The van der Waals surface area contributed by atoms with Crippen LogP contribution in [0.5, 0.6) is 0 Å². The summed E-state index contributed by atoms with van der Waals surface area (Å²) in [6.07, 6.45) is 12.5. The Bertz CT molecular complexity index is 2620. The molecule has 4 aliphatic rings. The fourth-order valence-electron chi connectivity index (χ4n) is 11.3. The van der Waals surface area contributed by atoms with Crippen molar-refractivity contribution >= 4 is 53.3 Å². The zero-order chi connectivity index (χ0) is 56.0. The molecule has 2 aromatic carbocycles. The maximum atomic E-state index is 15.2. The highest BCUT2D eigenvalue weighted by Crippen LogP contribution is 2.29. The molecule has 2 N–H and O–H groups in total. The number of piperazine rings is 2. The number of allylic oxidation sites excluding steroid dienone is 1. The molecule has 2 atom stereocenters. The van der Waals surface area contributed by atoms with Crippen LogP contribution in [0.4, 0.5) is 4.39 Å². The molecular weight excluding hydrogens is 997 g/mol. The molecule has 17 heteroatoms. The number of carbonyl (C=O) groups excluding carboxylic acids is 5. The van der Waals surface area contributed by atoms with E-state index < -0.39 is 17.8 Å². The molecule has 0 bridgehead atoms. The summed E-state index contributed by atoms with van der Waals surface area (Å²) in [5, 5.41) is 11.1. The Labute approximate surface area is 461 Å². The SMILES string of the molecule is C=C/C=c1/c(Cc2ccc(F)c(C(=O)N3CCN(C(=O)CN4CCC(CN5CCN(C(=O)C(NC(=O)c6cccc(C7CCCN(C(=O)CCl)C7)c6)C(CCC)CCC)CC5)CC4)CC3)c2)n[nH]c(=O)/c1=C/C.CC.CC. The molecule has 15 nitrogen and oxygen atoms in total. The molecule has 0 spiro atoms. The van der Waals surface area contributed by atoms with Gasteiger partial charge in [0, 0.05) is 100 Å². The second-order valence-corrected chi connectivity index (χ2v) is 20.5. The number of amides is 5. The quantitative estimate of drug-likeness (QED) is 0.137. The molecule has 77 heavy (non-hydrogen) atoms. The number of hydrogen-bond donors (Lipinski definition) is 2. The molecule has 5 amide bonds. The van der Waals surface area contributed by atoms with Crippen LogP contribution in [0, 0.1) is 17.7 Å². The average molecular weight is 1080 g/mol. The summed E-state index contributed by atoms with van der Waals surface area (Å²) < 4.78 is 15.2. The minimum atomic E-state index is -0.622. The monoisotopic (exact) mass is 1080 g/mol. The molecule has 4 saturated heterocycles. The Balaban J connectivity index is 0.00000267. The second kappa shape index (κ2) is 31.6. The van der Waals surface area contributed by atoms with Crippen molar-refractivity contribution in [3.05, 3.63) is 110 Å². The summed E-state index contributed by atoms with van der Waals surface area (Å²) in [4.78, 5) is 92.1. The van der Waals surface area contributed by atoms with Gasteiger partial charge in [0.15, 0.2) is 0 Å². The number of rotatable bonds is 18. The molecule has 1 aromatic heterocycles. The van der Waals surface area contributed by atoms with E-state index in [1.54, 1.807) is 53.2 Å². The van der Waals surface area contributed by atoms with Gasteiger partial charge in [0.2, 0.25) is 17.7 Å². The maximum absolute atomic E-state index is 15.2. The van der Waals surface area contributed by atoms with Crippen LogP contribution < -0.4 is 21.3 Å². The van der Waals surface area contributed by atoms with Gasteiger partial charge in [-0.2, -0.15) is 5.10 Å². The van der Waals surface area contributed by atoms with Crippen molar-refractivity contribution in [2.24, 2.45) is 11.8 Å². The zero-order valence-corrected chi connectivity index (χ0v) is 47.9. The van der Waals surface area contributed by atoms with E-state index in [0.29, 0.717) is 92.1 Å². The standard InChI is InChI=1S/C56H75ClFN9O6.2C2H6/c1-5-11-41(12-6-2)52(59-53(70)43-15-9-14-42(34-43)44-16-10-21-67(37-44)50(68)35-57)56(73)66-26-24-63(25-27-66)36-39-19-22-62(23-20-39)38-51(69)64-28-30-65(31-29-64)55(72)47-32-40(17-18-48(47)58)33-49-46(13-7-3)45(8-4)54(71)61-60-49;2*1-2/h7-9,13-15,17-18,32,34,39,41,44,52H,3,5-6,10-12,16,19-31,33,35-38H2,1-2,4H3,(H,59,70)(H,61,71);2*1-2H3/b45-8+,46-13+;;. The van der Waals surface area contributed by atoms with Crippen LogP contribution in [0.1, 0.15) is 143 Å². The molecule has 3 aromatic rings. The normalized spacial score (nSPS) is 18.5. The van der Waals surface area contributed by atoms with Gasteiger partial charge in [0.1, 0.15) is 17.7 Å². The second-order valence-electron chi connectivity index (χ2n) is 20.3. The first-order valence-electron chi connectivity index (χ1n) is 28.5. The van der Waals surface area contributed by atoms with Crippen molar-refractivity contribution in [1.29, 1.82) is 0 Å². The summed E-state index contributed by atoms with van der Waals surface area (Å²) in [5.74, 6) is -0.773. The number of hydrogen-bond acceptors (Lipinski definition) is 9. The summed E-state index contributed by atoms with van der Waals surface area (Å²) in [7, 11) is 0. The van der Waals surface area contributed by atoms with Crippen LogP contribution in [-0.2, 0) is 20.8 Å². The summed E-state index contributed by atoms with van der Waals surface area (Å²) in [6, 6.07) is 11.4. The maximum Gasteiger partial charge on any atom is 0.271 e. The number of piperidine rings is 2. The molecule has 4 fully saturated rings. The lowest BCUT2D eigenvalue weighted by molar-refractivity contribution is -0.137. The number of alkyl halides is 1. The molecule has 0 saturated carbocycles. The third kappa shape index (κ3) is 16.9. The van der Waals surface area contributed by atoms with Crippen molar-refractivity contribution in [3.8, 4) is 0 Å². The van der Waals surface area contributed by atoms with Gasteiger partial charge in [-0.1, -0.05) is 97.4 Å². The van der Waals surface area contributed by atoms with Crippen molar-refractivity contribution in [2.45, 2.75) is 118 Å². The van der Waals surface area contributed by atoms with E-state index in [9.17, 15) is 28.8 Å². The molecule has 2 unspecified atom stereocenters. The van der Waals surface area contributed by atoms with Gasteiger partial charge < -0.3 is 24.9 Å². The molecule has 0 radical (unpaired) electrons. The largest absolute Gasteiger partial charge is 0.341 e. The van der Waals surface area contributed by atoms with Crippen LogP contribution in [0.25, 0.3) is 12.2 Å². The lowest BCUT2D eigenvalue weighted by atomic mass is 9.88. The lowest BCUT2D eigenvalue weighted by Crippen LogP contribution is -2.57. The van der Waals surface area contributed by atoms with Crippen molar-refractivity contribution < 1.29 is 28.4 Å². The number of aromatic nitrogens is 2. The van der Waals surface area contributed by atoms with E-state index in [-0.39, 0.29) is 58.9 Å². The number of halogens is 2. The number of nitrogens with zero attached hydrogens (tertiary/aromatic N) is 7. The number of benzene rings is 2. The minimum Gasteiger partial charge on any atom is -0.341 e. The molecule has 5 heterocycles. The summed E-state index contributed by atoms with van der Waals surface area (Å²) in [6.45, 7) is 26.0. The summed E-state index contributed by atoms with van der Waals surface area (Å²) >= 11 is 5.87. The Morgan fingerprint density at radius 2 is 1.47 bits per heavy atom. The van der Waals surface area contributed by atoms with E-state index >= 15 is 4.39 Å². The van der Waals surface area contributed by atoms with Gasteiger partial charge in [-0.3, -0.25) is 38.6 Å². The van der Waals surface area contributed by atoms with Crippen LogP contribution in [0.3, 0.4) is 0 Å². The highest BCUT2D eigenvalue weighted by atomic mass is 35.5. The third-order valence-corrected chi connectivity index (χ3v) is 15.6. The van der Waals surface area contributed by atoms with Crippen LogP contribution in [0.2, 0.25) is 0 Å². The number of nitrogens with one attached hydrogen (secondary N) is 2. The average Bonchev–Trinajstić information content (AvgIpc) is 3.47. The van der Waals surface area contributed by atoms with Crippen molar-refractivity contribution in [2.75, 3.05) is 97.5 Å². The summed E-state index contributed by atoms with van der Waals surface area (Å²) in [5.41, 5.74) is 2.41. The molecule has 422 valence electrons. The van der Waals surface area contributed by atoms with E-state index in [1.807, 2.05) is 55.7 Å². The van der Waals surface area contributed by atoms with Gasteiger partial charge in [-0.15, -0.1) is 11.6 Å². The Morgan fingerprint density at radius 1 is 0.805 bits per heavy atom. The van der Waals surface area contributed by atoms with Crippen molar-refractivity contribution in [3.63, 3.8) is 0 Å². The first kappa shape index (κ1) is 62.1. The zero-order valence-electron chi connectivity index (χ0n) is 47.1. The van der Waals surface area contributed by atoms with Crippen molar-refractivity contribution in [1.82, 2.24) is 44.9 Å². The Hall–Kier alpha value is -5.71. The van der Waals surface area contributed by atoms with Crippen LogP contribution in [-0.4, -0.2) is 173 Å². The van der Waals surface area contributed by atoms with Gasteiger partial charge in [0.25, 0.3) is 17.4 Å². The number of carbonyl (C=O) groups is 5. The smallest absolute Gasteiger partial charge is 0.271 e. The molecule has 0 aliphatic carbocycles.